The maximum absolute atomic E-state index is 11.9. The van der Waals surface area contributed by atoms with Crippen LogP contribution in [-0.4, -0.2) is 12.1 Å². The molecule has 1 aromatic carbocycles. The maximum Gasteiger partial charge on any atom is 0.319 e. The van der Waals surface area contributed by atoms with Crippen molar-refractivity contribution in [3.63, 3.8) is 0 Å². The van der Waals surface area contributed by atoms with Crippen LogP contribution in [0.3, 0.4) is 0 Å². The Balaban J connectivity index is 1.82. The van der Waals surface area contributed by atoms with Crippen LogP contribution in [-0.2, 0) is 0 Å². The van der Waals surface area contributed by atoms with E-state index in [-0.39, 0.29) is 6.03 Å². The largest absolute Gasteiger partial charge is 0.335 e. The Morgan fingerprint density at radius 2 is 1.67 bits per heavy atom. The highest BCUT2D eigenvalue weighted by Gasteiger charge is 2.14. The van der Waals surface area contributed by atoms with Gasteiger partial charge in [-0.25, -0.2) is 4.79 Å². The summed E-state index contributed by atoms with van der Waals surface area (Å²) in [5.41, 5.74) is 2.05. The van der Waals surface area contributed by atoms with Crippen molar-refractivity contribution < 1.29 is 4.79 Å². The Hall–Kier alpha value is -1.51. The van der Waals surface area contributed by atoms with E-state index in [9.17, 15) is 4.79 Å². The van der Waals surface area contributed by atoms with E-state index >= 15 is 0 Å². The lowest BCUT2D eigenvalue weighted by atomic mass is 10.1. The van der Waals surface area contributed by atoms with Crippen LogP contribution in [0.5, 0.6) is 0 Å². The van der Waals surface area contributed by atoms with Crippen molar-refractivity contribution in [2.75, 3.05) is 5.32 Å². The van der Waals surface area contributed by atoms with E-state index in [1.807, 2.05) is 31.2 Å². The van der Waals surface area contributed by atoms with Crippen LogP contribution < -0.4 is 10.6 Å². The predicted molar refractivity (Wildman–Crippen MR) is 74.8 cm³/mol. The topological polar surface area (TPSA) is 41.1 Å². The average molecular weight is 246 g/mol. The number of hydrogen-bond donors (Lipinski definition) is 2. The third-order valence-corrected chi connectivity index (χ3v) is 3.50. The van der Waals surface area contributed by atoms with Gasteiger partial charge in [0.25, 0.3) is 0 Å². The minimum atomic E-state index is -0.0780. The zero-order chi connectivity index (χ0) is 12.8. The summed E-state index contributed by atoms with van der Waals surface area (Å²) in [5.74, 6) is 0. The summed E-state index contributed by atoms with van der Waals surface area (Å²) in [6.07, 6.45) is 7.29. The van der Waals surface area contributed by atoms with E-state index in [0.717, 1.165) is 18.5 Å². The summed E-state index contributed by atoms with van der Waals surface area (Å²) in [6, 6.07) is 8.13. The molecule has 0 bridgehead atoms. The number of carbonyl (C=O) groups excluding carboxylic acids is 1. The highest BCUT2D eigenvalue weighted by atomic mass is 16.2. The minimum absolute atomic E-state index is 0.0780. The van der Waals surface area contributed by atoms with Crippen molar-refractivity contribution in [3.05, 3.63) is 29.8 Å². The van der Waals surface area contributed by atoms with Gasteiger partial charge < -0.3 is 10.6 Å². The zero-order valence-corrected chi connectivity index (χ0v) is 11.0. The van der Waals surface area contributed by atoms with Crippen molar-refractivity contribution in [2.24, 2.45) is 0 Å². The quantitative estimate of drug-likeness (QED) is 0.765. The Kier molecular flexibility index (Phi) is 4.62. The number of urea groups is 1. The molecule has 2 N–H and O–H groups in total. The van der Waals surface area contributed by atoms with Crippen LogP contribution in [0.2, 0.25) is 0 Å². The van der Waals surface area contributed by atoms with Crippen molar-refractivity contribution in [2.45, 2.75) is 51.5 Å². The third-order valence-electron chi connectivity index (χ3n) is 3.50. The lowest BCUT2D eigenvalue weighted by Gasteiger charge is -2.16. The molecule has 0 saturated heterocycles. The van der Waals surface area contributed by atoms with Gasteiger partial charge in [-0.05, 0) is 31.9 Å². The number of amides is 2. The molecule has 1 aliphatic rings. The van der Waals surface area contributed by atoms with Gasteiger partial charge in [-0.2, -0.15) is 0 Å². The van der Waals surface area contributed by atoms with Crippen molar-refractivity contribution >= 4 is 11.7 Å². The smallest absolute Gasteiger partial charge is 0.319 e. The first kappa shape index (κ1) is 12.9. The number of rotatable bonds is 2. The van der Waals surface area contributed by atoms with Gasteiger partial charge in [0.1, 0.15) is 0 Å². The summed E-state index contributed by atoms with van der Waals surface area (Å²) in [4.78, 5) is 11.9. The second-order valence-electron chi connectivity index (χ2n) is 5.15. The Morgan fingerprint density at radius 3 is 2.28 bits per heavy atom. The van der Waals surface area contributed by atoms with Crippen molar-refractivity contribution in [1.82, 2.24) is 5.32 Å². The normalized spacial score (nSPS) is 16.9. The minimum Gasteiger partial charge on any atom is -0.335 e. The third kappa shape index (κ3) is 4.06. The Labute approximate surface area is 109 Å². The fraction of sp³-hybridized carbons (Fsp3) is 0.533. The van der Waals surface area contributed by atoms with Crippen LogP contribution in [0.25, 0.3) is 0 Å². The summed E-state index contributed by atoms with van der Waals surface area (Å²) < 4.78 is 0. The molecule has 98 valence electrons. The molecule has 1 saturated carbocycles. The molecule has 0 aliphatic heterocycles. The first-order chi connectivity index (χ1) is 8.74. The van der Waals surface area contributed by atoms with Gasteiger partial charge in [0.05, 0.1) is 0 Å². The van der Waals surface area contributed by atoms with Gasteiger partial charge >= 0.3 is 6.03 Å². The molecule has 3 nitrogen and oxygen atoms in total. The summed E-state index contributed by atoms with van der Waals surface area (Å²) in [6.45, 7) is 2.04. The molecule has 0 aromatic heterocycles. The van der Waals surface area contributed by atoms with Crippen molar-refractivity contribution in [3.8, 4) is 0 Å². The number of aryl methyl sites for hydroxylation is 1. The molecule has 1 fully saturated rings. The average Bonchev–Trinajstić information content (AvgIpc) is 2.61. The molecule has 1 aromatic rings. The van der Waals surface area contributed by atoms with E-state index in [1.54, 1.807) is 0 Å². The second kappa shape index (κ2) is 6.43. The number of anilines is 1. The van der Waals surface area contributed by atoms with Crippen molar-refractivity contribution in [1.29, 1.82) is 0 Å². The van der Waals surface area contributed by atoms with Crippen LogP contribution in [0.15, 0.2) is 24.3 Å². The zero-order valence-electron chi connectivity index (χ0n) is 11.0. The lowest BCUT2D eigenvalue weighted by Crippen LogP contribution is -2.37. The van der Waals surface area contributed by atoms with Gasteiger partial charge in [-0.3, -0.25) is 0 Å². The maximum atomic E-state index is 11.9. The molecule has 1 aliphatic carbocycles. The number of nitrogens with one attached hydrogen (secondary N) is 2. The monoisotopic (exact) mass is 246 g/mol. The number of benzene rings is 1. The van der Waals surface area contributed by atoms with E-state index in [4.69, 9.17) is 0 Å². The molecule has 18 heavy (non-hydrogen) atoms. The van der Waals surface area contributed by atoms with Crippen LogP contribution in [0, 0.1) is 6.92 Å². The molecular weight excluding hydrogens is 224 g/mol. The number of hydrogen-bond acceptors (Lipinski definition) is 1. The fourth-order valence-electron chi connectivity index (χ4n) is 2.41. The molecular formula is C15H22N2O. The van der Waals surface area contributed by atoms with Crippen LogP contribution in [0.4, 0.5) is 10.5 Å². The van der Waals surface area contributed by atoms with E-state index < -0.39 is 0 Å². The molecule has 0 heterocycles. The first-order valence-corrected chi connectivity index (χ1v) is 6.88. The molecule has 0 unspecified atom stereocenters. The van der Waals surface area contributed by atoms with Crippen LogP contribution >= 0.6 is 0 Å². The fourth-order valence-corrected chi connectivity index (χ4v) is 2.41. The molecule has 0 spiro atoms. The van der Waals surface area contributed by atoms with E-state index in [2.05, 4.69) is 10.6 Å². The molecule has 0 atom stereocenters. The molecule has 2 amide bonds. The number of carbonyl (C=O) groups is 1. The SMILES string of the molecule is Cc1ccc(NC(=O)NC2CCCCCC2)cc1. The highest BCUT2D eigenvalue weighted by molar-refractivity contribution is 5.89. The van der Waals surface area contributed by atoms with Gasteiger partial charge in [0.2, 0.25) is 0 Å². The highest BCUT2D eigenvalue weighted by Crippen LogP contribution is 2.17. The van der Waals surface area contributed by atoms with Gasteiger partial charge in [-0.15, -0.1) is 0 Å². The van der Waals surface area contributed by atoms with Crippen LogP contribution in [0.1, 0.15) is 44.1 Å². The van der Waals surface area contributed by atoms with Gasteiger partial charge in [0.15, 0.2) is 0 Å². The van der Waals surface area contributed by atoms with Gasteiger partial charge in [0, 0.05) is 11.7 Å². The summed E-state index contributed by atoms with van der Waals surface area (Å²) >= 11 is 0. The molecule has 3 heteroatoms. The summed E-state index contributed by atoms with van der Waals surface area (Å²) in [7, 11) is 0. The Bertz CT molecular complexity index is 378. The Morgan fingerprint density at radius 1 is 1.06 bits per heavy atom. The predicted octanol–water partition coefficient (Wildman–Crippen LogP) is 3.84. The first-order valence-electron chi connectivity index (χ1n) is 6.88. The summed E-state index contributed by atoms with van der Waals surface area (Å²) in [5, 5.41) is 5.96. The standard InChI is InChI=1S/C15H22N2O/c1-12-8-10-14(11-9-12)17-15(18)16-13-6-4-2-3-5-7-13/h8-11,13H,2-7H2,1H3,(H2,16,17,18). The van der Waals surface area contributed by atoms with E-state index in [0.29, 0.717) is 6.04 Å². The van der Waals surface area contributed by atoms with Gasteiger partial charge in [-0.1, -0.05) is 43.4 Å². The molecule has 2 rings (SSSR count). The second-order valence-corrected chi connectivity index (χ2v) is 5.15. The van der Waals surface area contributed by atoms with E-state index in [1.165, 1.54) is 31.2 Å². The lowest BCUT2D eigenvalue weighted by molar-refractivity contribution is 0.247. The molecule has 0 radical (unpaired) electrons.